The number of hydrogen-bond donors (Lipinski definition) is 0. The Bertz CT molecular complexity index is 802. The van der Waals surface area contributed by atoms with Gasteiger partial charge in [-0.3, -0.25) is 9.69 Å². The summed E-state index contributed by atoms with van der Waals surface area (Å²) in [6.45, 7) is 5.07. The summed E-state index contributed by atoms with van der Waals surface area (Å²) < 4.78 is 12.2. The smallest absolute Gasteiger partial charge is 0.260 e. The molecule has 0 aromatic heterocycles. The monoisotopic (exact) mass is 430 g/mol. The summed E-state index contributed by atoms with van der Waals surface area (Å²) in [4.78, 5) is 16.7. The van der Waals surface area contributed by atoms with E-state index in [-0.39, 0.29) is 12.5 Å². The highest BCUT2D eigenvalue weighted by Crippen LogP contribution is 2.26. The lowest BCUT2D eigenvalue weighted by molar-refractivity contribution is -0.135. The Hall–Kier alpha value is -2.05. The van der Waals surface area contributed by atoms with Crippen LogP contribution in [0.1, 0.15) is 11.1 Å². The van der Waals surface area contributed by atoms with Crippen LogP contribution in [0.4, 0.5) is 0 Å². The van der Waals surface area contributed by atoms with Crippen molar-refractivity contribution in [2.24, 2.45) is 0 Å². The molecule has 2 aliphatic heterocycles. The number of nitrogens with zero attached hydrogens (tertiary/aromatic N) is 2. The number of carbonyl (C=O) groups is 1. The molecular formula is C21H23BrN2O3. The van der Waals surface area contributed by atoms with Crippen molar-refractivity contribution in [3.63, 3.8) is 0 Å². The number of amides is 1. The summed E-state index contributed by atoms with van der Waals surface area (Å²) in [7, 11) is 0. The highest BCUT2D eigenvalue weighted by atomic mass is 79.9. The van der Waals surface area contributed by atoms with E-state index in [1.165, 1.54) is 11.1 Å². The molecule has 0 spiro atoms. The molecule has 4 rings (SSSR count). The minimum absolute atomic E-state index is 0.0484. The molecule has 0 unspecified atom stereocenters. The van der Waals surface area contributed by atoms with E-state index in [1.807, 2.05) is 29.2 Å². The summed E-state index contributed by atoms with van der Waals surface area (Å²) in [5, 5.41) is 0. The fraction of sp³-hybridized carbons (Fsp3) is 0.381. The second kappa shape index (κ2) is 8.31. The lowest BCUT2D eigenvalue weighted by Gasteiger charge is -2.34. The molecule has 5 nitrogen and oxygen atoms in total. The van der Waals surface area contributed by atoms with Crippen LogP contribution in [0.25, 0.3) is 0 Å². The molecule has 1 amide bonds. The molecule has 142 valence electrons. The van der Waals surface area contributed by atoms with Crippen molar-refractivity contribution in [1.82, 2.24) is 9.80 Å². The number of hydrogen-bond acceptors (Lipinski definition) is 4. The summed E-state index contributed by atoms with van der Waals surface area (Å²) in [6, 6.07) is 14.0. The standard InChI is InChI=1S/C21H23BrN2O3/c22-18-2-4-19(5-3-18)27-15-21(25)24-10-8-23(9-11-24)14-16-1-6-20-17(13-16)7-12-26-20/h1-6,13H,7-12,14-15H2. The Morgan fingerprint density at radius 2 is 1.85 bits per heavy atom. The molecule has 6 heteroatoms. The quantitative estimate of drug-likeness (QED) is 0.730. The van der Waals surface area contributed by atoms with E-state index in [2.05, 4.69) is 39.0 Å². The summed E-state index contributed by atoms with van der Waals surface area (Å²) in [5.74, 6) is 1.79. The van der Waals surface area contributed by atoms with Gasteiger partial charge in [-0.15, -0.1) is 0 Å². The highest BCUT2D eigenvalue weighted by molar-refractivity contribution is 9.10. The third-order valence-electron chi connectivity index (χ3n) is 5.06. The van der Waals surface area contributed by atoms with Gasteiger partial charge < -0.3 is 14.4 Å². The molecule has 2 aromatic rings. The van der Waals surface area contributed by atoms with Crippen molar-refractivity contribution >= 4 is 21.8 Å². The van der Waals surface area contributed by atoms with Crippen molar-refractivity contribution in [1.29, 1.82) is 0 Å². The Balaban J connectivity index is 1.23. The van der Waals surface area contributed by atoms with Crippen molar-refractivity contribution in [3.05, 3.63) is 58.1 Å². The first kappa shape index (κ1) is 18.3. The van der Waals surface area contributed by atoms with E-state index in [4.69, 9.17) is 9.47 Å². The van der Waals surface area contributed by atoms with Gasteiger partial charge in [-0.2, -0.15) is 0 Å². The predicted octanol–water partition coefficient (Wildman–Crippen LogP) is 3.11. The van der Waals surface area contributed by atoms with Gasteiger partial charge in [0.25, 0.3) is 5.91 Å². The second-order valence-electron chi connectivity index (χ2n) is 6.94. The van der Waals surface area contributed by atoms with Gasteiger partial charge in [0.15, 0.2) is 6.61 Å². The van der Waals surface area contributed by atoms with Gasteiger partial charge in [-0.25, -0.2) is 0 Å². The van der Waals surface area contributed by atoms with Crippen LogP contribution in [0.2, 0.25) is 0 Å². The zero-order valence-corrected chi connectivity index (χ0v) is 16.8. The van der Waals surface area contributed by atoms with E-state index in [1.54, 1.807) is 0 Å². The highest BCUT2D eigenvalue weighted by Gasteiger charge is 2.22. The summed E-state index contributed by atoms with van der Waals surface area (Å²) in [6.07, 6.45) is 1.00. The number of carbonyl (C=O) groups excluding carboxylic acids is 1. The summed E-state index contributed by atoms with van der Waals surface area (Å²) in [5.41, 5.74) is 2.63. The van der Waals surface area contributed by atoms with Crippen LogP contribution in [-0.2, 0) is 17.8 Å². The van der Waals surface area contributed by atoms with Gasteiger partial charge in [-0.05, 0) is 41.5 Å². The zero-order valence-electron chi connectivity index (χ0n) is 15.2. The molecule has 27 heavy (non-hydrogen) atoms. The number of rotatable bonds is 5. The van der Waals surface area contributed by atoms with E-state index in [9.17, 15) is 4.79 Å². The molecule has 0 saturated carbocycles. The van der Waals surface area contributed by atoms with Crippen LogP contribution >= 0.6 is 15.9 Å². The van der Waals surface area contributed by atoms with Crippen LogP contribution in [0, 0.1) is 0 Å². The van der Waals surface area contributed by atoms with Crippen LogP contribution in [0.15, 0.2) is 46.9 Å². The second-order valence-corrected chi connectivity index (χ2v) is 7.86. The summed E-state index contributed by atoms with van der Waals surface area (Å²) >= 11 is 3.39. The van der Waals surface area contributed by atoms with Gasteiger partial charge in [0.05, 0.1) is 6.61 Å². The Morgan fingerprint density at radius 3 is 2.63 bits per heavy atom. The van der Waals surface area contributed by atoms with Gasteiger partial charge >= 0.3 is 0 Å². The molecule has 0 aliphatic carbocycles. The van der Waals surface area contributed by atoms with Crippen molar-refractivity contribution in [2.75, 3.05) is 39.4 Å². The lowest BCUT2D eigenvalue weighted by atomic mass is 10.1. The average Bonchev–Trinajstić information content (AvgIpc) is 3.16. The predicted molar refractivity (Wildman–Crippen MR) is 107 cm³/mol. The SMILES string of the molecule is O=C(COc1ccc(Br)cc1)N1CCN(Cc2ccc3c(c2)CCO3)CC1. The van der Waals surface area contributed by atoms with E-state index >= 15 is 0 Å². The van der Waals surface area contributed by atoms with Crippen LogP contribution in [0.5, 0.6) is 11.5 Å². The van der Waals surface area contributed by atoms with Crippen LogP contribution in [0.3, 0.4) is 0 Å². The maximum absolute atomic E-state index is 12.4. The fourth-order valence-corrected chi connectivity index (χ4v) is 3.78. The Labute approximate surface area is 168 Å². The molecule has 0 bridgehead atoms. The third kappa shape index (κ3) is 4.62. The van der Waals surface area contributed by atoms with Crippen LogP contribution < -0.4 is 9.47 Å². The number of benzene rings is 2. The average molecular weight is 431 g/mol. The topological polar surface area (TPSA) is 42.0 Å². The molecule has 2 heterocycles. The van der Waals surface area contributed by atoms with E-state index < -0.39 is 0 Å². The Morgan fingerprint density at radius 1 is 1.07 bits per heavy atom. The van der Waals surface area contributed by atoms with Gasteiger partial charge in [-0.1, -0.05) is 28.1 Å². The lowest BCUT2D eigenvalue weighted by Crippen LogP contribution is -2.49. The Kier molecular flexibility index (Phi) is 5.64. The van der Waals surface area contributed by atoms with E-state index in [0.717, 1.165) is 56.0 Å². The molecule has 0 radical (unpaired) electrons. The number of ether oxygens (including phenoxy) is 2. The van der Waals surface area contributed by atoms with Gasteiger partial charge in [0.2, 0.25) is 0 Å². The maximum atomic E-state index is 12.4. The van der Waals surface area contributed by atoms with Crippen molar-refractivity contribution in [2.45, 2.75) is 13.0 Å². The fourth-order valence-electron chi connectivity index (χ4n) is 3.52. The molecular weight excluding hydrogens is 408 g/mol. The molecule has 1 saturated heterocycles. The molecule has 2 aromatic carbocycles. The van der Waals surface area contributed by atoms with Crippen LogP contribution in [-0.4, -0.2) is 55.1 Å². The normalized spacial score (nSPS) is 16.7. The van der Waals surface area contributed by atoms with E-state index in [0.29, 0.717) is 5.75 Å². The van der Waals surface area contributed by atoms with Gasteiger partial charge in [0.1, 0.15) is 11.5 Å². The first-order chi connectivity index (χ1) is 13.2. The van der Waals surface area contributed by atoms with Crippen molar-refractivity contribution in [3.8, 4) is 11.5 Å². The molecule has 2 aliphatic rings. The van der Waals surface area contributed by atoms with Crippen molar-refractivity contribution < 1.29 is 14.3 Å². The number of piperazine rings is 1. The number of fused-ring (bicyclic) bond motifs is 1. The third-order valence-corrected chi connectivity index (χ3v) is 5.59. The molecule has 0 atom stereocenters. The first-order valence-corrected chi connectivity index (χ1v) is 10.1. The zero-order chi connectivity index (χ0) is 18.6. The van der Waals surface area contributed by atoms with Gasteiger partial charge in [0, 0.05) is 43.6 Å². The first-order valence-electron chi connectivity index (χ1n) is 9.30. The maximum Gasteiger partial charge on any atom is 0.260 e. The molecule has 0 N–H and O–H groups in total. The minimum Gasteiger partial charge on any atom is -0.493 e. The molecule has 1 fully saturated rings. The number of halogens is 1. The largest absolute Gasteiger partial charge is 0.493 e. The minimum atomic E-state index is 0.0484.